The first-order chi connectivity index (χ1) is 53.2. The number of methoxy groups -OCH3 is 4. The standard InChI is InChI=1S/2C51H52O2Si.2ClH.Zr/c2*1-30(2)34-16-20-44(40-12-10-38-26-42(52-7)18-14-36(38)24-40)46-22-32(5)50(48(46)28-34)54(9)51-33(6)23-47-45(21-17-35(31(3)4)29-49(47)51)41-13-11-39-27-43(53-8)19-15-37(39)25-41;;;/h2*10-31,44-45,54H,1-9H3;2*1H;/q;;;;+2/p-2. The first-order valence-electron chi connectivity index (χ1n) is 40.6. The molecule has 562 valence electrons. The molecule has 10 aliphatic rings. The van der Waals surface area contributed by atoms with Gasteiger partial charge in [-0.25, -0.2) is 0 Å². The van der Waals surface area contributed by atoms with Crippen molar-refractivity contribution < 1.29 is 33.9 Å². The summed E-state index contributed by atoms with van der Waals surface area (Å²) in [4.78, 5) is 0. The first-order valence-corrected chi connectivity index (χ1v) is 56.4. The zero-order valence-corrected chi connectivity index (χ0v) is 74.0. The molecule has 8 atom stereocenters. The van der Waals surface area contributed by atoms with Gasteiger partial charge in [-0.2, -0.15) is 0 Å². The Balaban J connectivity index is 1.05. The third-order valence-electron chi connectivity index (χ3n) is 30.0. The van der Waals surface area contributed by atoms with E-state index in [4.69, 9.17) is 18.9 Å². The molecule has 0 saturated carbocycles. The molecule has 0 bridgehead atoms. The van der Waals surface area contributed by atoms with Crippen LogP contribution in [0.15, 0.2) is 332 Å². The van der Waals surface area contributed by atoms with Gasteiger partial charge in [-0.3, -0.25) is 0 Å². The number of hydrogen-bond acceptors (Lipinski definition) is 4. The first kappa shape index (κ1) is 74.2. The van der Waals surface area contributed by atoms with E-state index < -0.39 is 43.5 Å². The predicted octanol–water partition coefficient (Wildman–Crippen LogP) is 27.5. The van der Waals surface area contributed by atoms with Crippen molar-refractivity contribution in [2.45, 2.75) is 131 Å². The van der Waals surface area contributed by atoms with Gasteiger partial charge in [0, 0.05) is 0 Å². The molecule has 2 fully saturated rings. The van der Waals surface area contributed by atoms with Crippen LogP contribution in [0.25, 0.3) is 43.1 Å². The van der Waals surface area contributed by atoms with E-state index in [2.05, 4.69) is 339 Å². The maximum absolute atomic E-state index is 12.1. The molecule has 0 aromatic heterocycles. The summed E-state index contributed by atoms with van der Waals surface area (Å²) < 4.78 is 20.1. The van der Waals surface area contributed by atoms with Gasteiger partial charge in [0.1, 0.15) is 0 Å². The Labute approximate surface area is 666 Å². The van der Waals surface area contributed by atoms with Crippen molar-refractivity contribution in [1.82, 2.24) is 0 Å². The normalized spacial score (nSPS) is 29.0. The summed E-state index contributed by atoms with van der Waals surface area (Å²) in [6, 6.07) is 54.8. The van der Waals surface area contributed by atoms with Crippen LogP contribution in [0, 0.1) is 23.7 Å². The van der Waals surface area contributed by atoms with E-state index in [0.29, 0.717) is 0 Å². The zero-order chi connectivity index (χ0) is 77.8. The van der Waals surface area contributed by atoms with Crippen LogP contribution < -0.4 is 18.9 Å². The summed E-state index contributed by atoms with van der Waals surface area (Å²) in [7, 11) is 25.7. The third kappa shape index (κ3) is 8.98. The number of benzene rings is 8. The summed E-state index contributed by atoms with van der Waals surface area (Å²) >= 11 is -8.11. The number of ether oxygens (including phenoxy) is 4. The van der Waals surface area contributed by atoms with E-state index in [1.807, 2.05) is 0 Å². The van der Waals surface area contributed by atoms with Gasteiger partial charge >= 0.3 is 672 Å². The quantitative estimate of drug-likeness (QED) is 0.114. The van der Waals surface area contributed by atoms with Crippen molar-refractivity contribution in [2.75, 3.05) is 28.4 Å². The van der Waals surface area contributed by atoms with Crippen LogP contribution in [0.5, 0.6) is 23.0 Å². The van der Waals surface area contributed by atoms with Crippen molar-refractivity contribution >= 4 is 77.7 Å². The summed E-state index contributed by atoms with van der Waals surface area (Å²) in [6.45, 7) is 35.1. The Hall–Kier alpha value is -8.26. The van der Waals surface area contributed by atoms with Crippen molar-refractivity contribution in [1.29, 1.82) is 0 Å². The fourth-order valence-electron chi connectivity index (χ4n) is 25.8. The maximum atomic E-state index is 12.1. The van der Waals surface area contributed by atoms with Crippen LogP contribution in [0.1, 0.15) is 129 Å². The fourth-order valence-corrected chi connectivity index (χ4v) is 149. The molecule has 111 heavy (non-hydrogen) atoms. The number of fused-ring (bicyclic) bond motifs is 12. The van der Waals surface area contributed by atoms with E-state index in [1.54, 1.807) is 28.4 Å². The Bertz CT molecular complexity index is 5340. The molecular formula is C102H104Cl2O4Si2Zr. The molecule has 4 nitrogen and oxygen atoms in total. The second-order valence-electron chi connectivity index (χ2n) is 35.5. The Kier molecular flexibility index (Phi) is 17.1. The topological polar surface area (TPSA) is 36.9 Å². The molecule has 9 heteroatoms. The van der Waals surface area contributed by atoms with Crippen molar-refractivity contribution in [2.24, 2.45) is 23.7 Å². The molecule has 8 unspecified atom stereocenters. The molecule has 2 aliphatic heterocycles. The molecular weight excluding hydrogens is 1510 g/mol. The average Bonchev–Trinajstić information content (AvgIpc) is 1.51. The van der Waals surface area contributed by atoms with Crippen LogP contribution in [0.4, 0.5) is 0 Å². The van der Waals surface area contributed by atoms with E-state index in [1.165, 1.54) is 133 Å². The third-order valence-corrected chi connectivity index (χ3v) is 115. The van der Waals surface area contributed by atoms with Crippen molar-refractivity contribution in [3.8, 4) is 23.0 Å². The number of rotatable bonds is 12. The molecule has 8 aromatic carbocycles. The van der Waals surface area contributed by atoms with Crippen molar-refractivity contribution in [3.05, 3.63) is 354 Å². The number of hydrogen-bond donors (Lipinski definition) is 0. The monoisotopic (exact) mass is 1610 g/mol. The minimum absolute atomic E-state index is 0.138. The number of allylic oxidation sites excluding steroid dienone is 32. The fraction of sp³-hybridized carbons (Fsp3) is 0.294. The molecule has 0 N–H and O–H groups in total. The van der Waals surface area contributed by atoms with E-state index in [0.717, 1.165) is 44.5 Å². The number of halogens is 2. The van der Waals surface area contributed by atoms with Crippen LogP contribution >= 0.6 is 17.0 Å². The molecule has 8 aromatic rings. The summed E-state index contributed by atoms with van der Waals surface area (Å²) in [5.74, 6) is 3.54. The van der Waals surface area contributed by atoms with Crippen LogP contribution in [-0.2, 0) is 14.9 Å². The van der Waals surface area contributed by atoms with Gasteiger partial charge in [0.15, 0.2) is 0 Å². The molecule has 18 rings (SSSR count). The molecule has 2 heterocycles. The molecule has 0 radical (unpaired) electrons. The average molecular weight is 1610 g/mol. The van der Waals surface area contributed by atoms with Crippen molar-refractivity contribution in [3.63, 3.8) is 0 Å². The van der Waals surface area contributed by atoms with E-state index in [9.17, 15) is 17.0 Å². The van der Waals surface area contributed by atoms with Gasteiger partial charge in [-0.1, -0.05) is 0 Å². The van der Waals surface area contributed by atoms with Gasteiger partial charge in [-0.05, 0) is 0 Å². The van der Waals surface area contributed by atoms with Gasteiger partial charge in [0.25, 0.3) is 0 Å². The van der Waals surface area contributed by atoms with E-state index in [-0.39, 0.29) is 47.3 Å². The summed E-state index contributed by atoms with van der Waals surface area (Å²) in [5, 5.41) is 9.34. The van der Waals surface area contributed by atoms with Crippen LogP contribution in [0.3, 0.4) is 0 Å². The molecule has 0 amide bonds. The van der Waals surface area contributed by atoms with Gasteiger partial charge in [-0.15, -0.1) is 0 Å². The summed E-state index contributed by atoms with van der Waals surface area (Å²) in [5.41, 5.74) is 26.6. The SMILES string of the molecule is COc1ccc2cc(C3C=CC(C(C)C)=CC4=C3C=C(C)[C]43[SiH](C)[C]4(C(C)=CC5=C4C=C(C(C)C)C=CC5c4ccc5cc(OC)ccc5c4)[Zr]34([Cl])([Cl])[C]3(C(C)=CC5=C3C=C(C(C)C)C=CC5c3ccc5cc(OC)ccc5c3)[SiH](C)[C]43C(C)=CC4=C3C=C(C(C)C)C=CC4c3ccc4cc(OC)ccc4c3)ccc2c1. The van der Waals surface area contributed by atoms with Crippen LogP contribution in [-0.4, -0.2) is 46.0 Å². The Morgan fingerprint density at radius 1 is 0.297 bits per heavy atom. The second-order valence-corrected chi connectivity index (χ2v) is 75.3. The second kappa shape index (κ2) is 25.6. The Morgan fingerprint density at radius 3 is 0.694 bits per heavy atom. The van der Waals surface area contributed by atoms with Crippen LogP contribution in [0.2, 0.25) is 24.1 Å². The molecule has 5 spiro atoms. The Morgan fingerprint density at radius 2 is 0.495 bits per heavy atom. The minimum atomic E-state index is -8.11. The van der Waals surface area contributed by atoms with E-state index >= 15 is 0 Å². The predicted molar refractivity (Wildman–Crippen MR) is 473 cm³/mol. The molecule has 8 aliphatic carbocycles. The zero-order valence-electron chi connectivity index (χ0n) is 67.8. The van der Waals surface area contributed by atoms with Gasteiger partial charge in [0.2, 0.25) is 0 Å². The van der Waals surface area contributed by atoms with Gasteiger partial charge in [0.05, 0.1) is 0 Å². The summed E-state index contributed by atoms with van der Waals surface area (Å²) in [6.07, 6.45) is 42.0. The molecule has 2 saturated heterocycles. The van der Waals surface area contributed by atoms with Gasteiger partial charge < -0.3 is 0 Å².